The Balaban J connectivity index is 2.64. The molecule has 1 unspecified atom stereocenters. The third kappa shape index (κ3) is 0.928. The van der Waals surface area contributed by atoms with E-state index in [4.69, 9.17) is 1.37 Å². The molecule has 7 heavy (non-hydrogen) atoms. The van der Waals surface area contributed by atoms with Crippen molar-refractivity contribution in [3.63, 3.8) is 0 Å². The fourth-order valence-corrected chi connectivity index (χ4v) is 0.687. The van der Waals surface area contributed by atoms with Gasteiger partial charge >= 0.3 is 0 Å². The van der Waals surface area contributed by atoms with Crippen LogP contribution in [0.3, 0.4) is 0 Å². The molecule has 1 saturated heterocycles. The highest BCUT2D eigenvalue weighted by molar-refractivity contribution is 8.26. The van der Waals surface area contributed by atoms with Crippen molar-refractivity contribution in [3.05, 3.63) is 0 Å². The maximum absolute atomic E-state index is 10.3. The number of carbonyl (C=O) groups excluding carboxylic acids is 2. The van der Waals surface area contributed by atoms with Gasteiger partial charge in [-0.1, -0.05) is 0 Å². The van der Waals surface area contributed by atoms with Crippen molar-refractivity contribution in [1.82, 2.24) is 5.32 Å². The number of amides is 1. The lowest BCUT2D eigenvalue weighted by Crippen LogP contribution is -2.11. The van der Waals surface area contributed by atoms with Crippen molar-refractivity contribution in [2.75, 3.05) is 6.52 Å². The maximum atomic E-state index is 10.3. The molecule has 0 saturated carbocycles. The number of nitrogens with one attached hydrogen (secondary N) is 1. The summed E-state index contributed by atoms with van der Waals surface area (Å²) >= 11 is 0.552. The van der Waals surface area contributed by atoms with E-state index in [9.17, 15) is 9.59 Å². The molecule has 0 bridgehead atoms. The van der Waals surface area contributed by atoms with Crippen LogP contribution in [0.25, 0.3) is 0 Å². The van der Waals surface area contributed by atoms with Gasteiger partial charge < -0.3 is 5.32 Å². The van der Waals surface area contributed by atoms with Crippen LogP contribution in [-0.4, -0.2) is 16.9 Å². The molecular formula is C3H3NO2S. The van der Waals surface area contributed by atoms with Gasteiger partial charge in [0.15, 0.2) is 0 Å². The third-order valence-corrected chi connectivity index (χ3v) is 1.12. The summed E-state index contributed by atoms with van der Waals surface area (Å²) in [5, 5.41) is 1.27. The topological polar surface area (TPSA) is 46.2 Å². The summed E-state index contributed by atoms with van der Waals surface area (Å²) in [5.41, 5.74) is 0. The van der Waals surface area contributed by atoms with E-state index in [1.54, 1.807) is 0 Å². The van der Waals surface area contributed by atoms with Crippen LogP contribution in [0, 0.1) is 0 Å². The monoisotopic (exact) mass is 118 g/mol. The van der Waals surface area contributed by atoms with Gasteiger partial charge in [0.25, 0.3) is 5.24 Å². The highest BCUT2D eigenvalue weighted by Gasteiger charge is 2.17. The molecule has 1 heterocycles. The van der Waals surface area contributed by atoms with Crippen molar-refractivity contribution in [1.29, 1.82) is 0 Å². The van der Waals surface area contributed by atoms with E-state index < -0.39 is 16.9 Å². The van der Waals surface area contributed by atoms with E-state index in [1.165, 1.54) is 0 Å². The molecule has 1 amide bonds. The molecule has 1 aliphatic rings. The van der Waals surface area contributed by atoms with Crippen molar-refractivity contribution >= 4 is 22.1 Å². The smallest absolute Gasteiger partial charge is 0.287 e. The molecule has 1 N–H and O–H groups in total. The highest BCUT2D eigenvalue weighted by atomic mass is 32.2. The molecule has 0 spiro atoms. The van der Waals surface area contributed by atoms with Gasteiger partial charge in [-0.15, -0.1) is 0 Å². The average molecular weight is 118 g/mol. The normalized spacial score (nSPS) is 32.6. The van der Waals surface area contributed by atoms with E-state index >= 15 is 0 Å². The molecule has 0 aromatic heterocycles. The van der Waals surface area contributed by atoms with Crippen LogP contribution >= 0.6 is 11.8 Å². The van der Waals surface area contributed by atoms with Crippen molar-refractivity contribution < 1.29 is 11.0 Å². The molecule has 38 valence electrons. The van der Waals surface area contributed by atoms with E-state index in [0.717, 1.165) is 0 Å². The molecule has 3 nitrogen and oxygen atoms in total. The van der Waals surface area contributed by atoms with Crippen LogP contribution in [0.5, 0.6) is 0 Å². The number of thioether (sulfide) groups is 1. The Labute approximate surface area is 45.9 Å². The summed E-state index contributed by atoms with van der Waals surface area (Å²) in [7, 11) is 0. The lowest BCUT2D eigenvalue weighted by Gasteiger charge is -1.76. The number of hydrogen-bond acceptors (Lipinski definition) is 3. The molecule has 4 heteroatoms. The average Bonchev–Trinajstić information content (AvgIpc) is 1.85. The van der Waals surface area contributed by atoms with E-state index in [-0.39, 0.29) is 0 Å². The van der Waals surface area contributed by atoms with Gasteiger partial charge in [-0.2, -0.15) is 0 Å². The third-order valence-electron chi connectivity index (χ3n) is 0.501. The molecular weight excluding hydrogens is 114 g/mol. The van der Waals surface area contributed by atoms with Crippen LogP contribution in [0.4, 0.5) is 4.79 Å². The van der Waals surface area contributed by atoms with Gasteiger partial charge in [-0.25, -0.2) is 0 Å². The summed E-state index contributed by atoms with van der Waals surface area (Å²) < 4.78 is 6.77. The second kappa shape index (κ2) is 1.54. The zero-order valence-corrected chi connectivity index (χ0v) is 4.12. The fourth-order valence-electron chi connectivity index (χ4n) is 0.268. The Morgan fingerprint density at radius 3 is 2.71 bits per heavy atom. The summed E-state index contributed by atoms with van der Waals surface area (Å²) in [4.78, 5) is 20.5. The zero-order valence-electron chi connectivity index (χ0n) is 4.30. The Morgan fingerprint density at radius 2 is 2.57 bits per heavy atom. The Kier molecular flexibility index (Phi) is 0.765. The largest absolute Gasteiger partial charge is 0.339 e. The van der Waals surface area contributed by atoms with Crippen molar-refractivity contribution in [2.45, 2.75) is 0 Å². The standard InChI is InChI=1S/C3H3NO2S/c5-2-1-4-3(6)7-2/h1H2,(H,4,6)/i1D. The van der Waals surface area contributed by atoms with Crippen molar-refractivity contribution in [3.8, 4) is 0 Å². The van der Waals surface area contributed by atoms with Crippen LogP contribution in [-0.2, 0) is 4.79 Å². The molecule has 1 rings (SSSR count). The lowest BCUT2D eigenvalue weighted by molar-refractivity contribution is -0.109. The number of rotatable bonds is 0. The first kappa shape index (κ1) is 3.49. The van der Waals surface area contributed by atoms with E-state index in [2.05, 4.69) is 5.32 Å². The first-order valence-corrected chi connectivity index (χ1v) is 2.46. The summed E-state index contributed by atoms with van der Waals surface area (Å²) in [6.45, 7) is -1.03. The van der Waals surface area contributed by atoms with Gasteiger partial charge in [0.05, 0.1) is 7.89 Å². The van der Waals surface area contributed by atoms with E-state index in [0.29, 0.717) is 11.8 Å². The van der Waals surface area contributed by atoms with Crippen LogP contribution in [0.1, 0.15) is 1.37 Å². The summed E-state index contributed by atoms with van der Waals surface area (Å²) in [5.74, 6) is 0. The minimum atomic E-state index is -1.03. The molecule has 0 aromatic rings. The van der Waals surface area contributed by atoms with Gasteiger partial charge in [0, 0.05) is 11.8 Å². The van der Waals surface area contributed by atoms with Gasteiger partial charge in [-0.3, -0.25) is 9.59 Å². The molecule has 0 aliphatic carbocycles. The predicted octanol–water partition coefficient (Wildman–Crippen LogP) is -0.0306. The van der Waals surface area contributed by atoms with Crippen LogP contribution < -0.4 is 5.32 Å². The zero-order chi connectivity index (χ0) is 6.15. The van der Waals surface area contributed by atoms with Gasteiger partial charge in [0.2, 0.25) is 5.12 Å². The lowest BCUT2D eigenvalue weighted by atomic mass is 10.7. The van der Waals surface area contributed by atoms with Crippen LogP contribution in [0.2, 0.25) is 0 Å². The first-order valence-electron chi connectivity index (χ1n) is 2.22. The molecule has 0 aromatic carbocycles. The fraction of sp³-hybridized carbons (Fsp3) is 0.333. The van der Waals surface area contributed by atoms with Gasteiger partial charge in [0.1, 0.15) is 0 Å². The minimum absolute atomic E-state index is 0.421. The molecule has 1 atom stereocenters. The summed E-state index contributed by atoms with van der Waals surface area (Å²) in [6.07, 6.45) is 0. The molecule has 1 fully saturated rings. The first-order chi connectivity index (χ1) is 3.70. The Bertz CT molecular complexity index is 148. The molecule has 1 aliphatic heterocycles. The predicted molar refractivity (Wildman–Crippen MR) is 26.0 cm³/mol. The summed E-state index contributed by atoms with van der Waals surface area (Å²) in [6, 6.07) is 0. The second-order valence-electron chi connectivity index (χ2n) is 0.997. The SMILES string of the molecule is [2H]C1NC(=O)SC1=O. The Morgan fingerprint density at radius 1 is 1.86 bits per heavy atom. The quantitative estimate of drug-likeness (QED) is 0.485. The van der Waals surface area contributed by atoms with Crippen LogP contribution in [0.15, 0.2) is 0 Å². The maximum Gasteiger partial charge on any atom is 0.287 e. The van der Waals surface area contributed by atoms with Crippen molar-refractivity contribution in [2.24, 2.45) is 0 Å². The number of carbonyl (C=O) groups is 2. The second-order valence-corrected chi connectivity index (χ2v) is 1.97. The molecule has 0 radical (unpaired) electrons. The van der Waals surface area contributed by atoms with E-state index in [1.807, 2.05) is 0 Å². The Hall–Kier alpha value is -0.510. The highest BCUT2D eigenvalue weighted by Crippen LogP contribution is 2.07. The number of hydrogen-bond donors (Lipinski definition) is 1. The minimum Gasteiger partial charge on any atom is -0.339 e. The van der Waals surface area contributed by atoms with Gasteiger partial charge in [-0.05, 0) is 0 Å².